The van der Waals surface area contributed by atoms with Crippen LogP contribution in [-0.2, 0) is 35.1 Å². The maximum atomic E-state index is 13.5. The van der Waals surface area contributed by atoms with Gasteiger partial charge < -0.3 is 54.3 Å². The molecular formula is C39H36O14. The number of aliphatic hydroxyl groups is 1. The lowest BCUT2D eigenvalue weighted by Crippen LogP contribution is -2.60. The van der Waals surface area contributed by atoms with Crippen LogP contribution in [-0.4, -0.2) is 85.7 Å². The van der Waals surface area contributed by atoms with Gasteiger partial charge in [-0.1, -0.05) is 36.4 Å². The molecule has 14 nitrogen and oxygen atoms in total. The van der Waals surface area contributed by atoms with Gasteiger partial charge in [0.1, 0.15) is 59.4 Å². The number of hydrogen-bond acceptors (Lipinski definition) is 14. The number of carbonyl (C=O) groups is 3. The fraction of sp³-hybridized carbons (Fsp3) is 0.205. The topological polar surface area (TPSA) is 219 Å². The molecule has 4 aromatic rings. The summed E-state index contributed by atoms with van der Waals surface area (Å²) in [6, 6.07) is 19.9. The minimum atomic E-state index is -1.63. The van der Waals surface area contributed by atoms with Crippen molar-refractivity contribution in [3.63, 3.8) is 0 Å². The number of aliphatic hydroxyl groups excluding tert-OH is 1. The molecule has 0 spiro atoms. The summed E-state index contributed by atoms with van der Waals surface area (Å²) >= 11 is 0. The number of ether oxygens (including phenoxy) is 5. The van der Waals surface area contributed by atoms with E-state index in [0.717, 1.165) is 24.3 Å². The molecule has 0 saturated carbocycles. The van der Waals surface area contributed by atoms with Gasteiger partial charge >= 0.3 is 11.9 Å². The SMILES string of the molecule is C[C@@H]1O[C@@H](OCC(=O)c2c(O)cc(O)cc2OCc2ccc(O)cc2)[C@H](OC(=O)/C=C\c2ccc(O)cc2)[C@H](OC(=O)/C=C\c2ccc(O)cc2)[C@H]1O. The summed E-state index contributed by atoms with van der Waals surface area (Å²) < 4.78 is 28.4. The molecule has 1 aliphatic heterocycles. The van der Waals surface area contributed by atoms with Crippen LogP contribution in [0.5, 0.6) is 34.5 Å². The van der Waals surface area contributed by atoms with Crippen LogP contribution in [0.15, 0.2) is 97.1 Å². The highest BCUT2D eigenvalue weighted by atomic mass is 16.7. The molecule has 5 rings (SSSR count). The van der Waals surface area contributed by atoms with E-state index < -0.39 is 66.5 Å². The van der Waals surface area contributed by atoms with Gasteiger partial charge in [0, 0.05) is 24.3 Å². The highest BCUT2D eigenvalue weighted by Crippen LogP contribution is 2.35. The number of Topliss-reactive ketones (excluding diaryl/α,β-unsaturated/α-hetero) is 1. The van der Waals surface area contributed by atoms with E-state index >= 15 is 0 Å². The number of rotatable bonds is 13. The molecule has 4 aromatic carbocycles. The summed E-state index contributed by atoms with van der Waals surface area (Å²) in [5.41, 5.74) is 1.34. The molecule has 1 fully saturated rings. The Morgan fingerprint density at radius 1 is 0.698 bits per heavy atom. The van der Waals surface area contributed by atoms with Crippen molar-refractivity contribution >= 4 is 29.9 Å². The minimum absolute atomic E-state index is 0.0162. The summed E-state index contributed by atoms with van der Waals surface area (Å²) in [4.78, 5) is 39.5. The molecule has 14 heteroatoms. The summed E-state index contributed by atoms with van der Waals surface area (Å²) in [7, 11) is 0. The smallest absolute Gasteiger partial charge is 0.331 e. The van der Waals surface area contributed by atoms with E-state index in [2.05, 4.69) is 0 Å². The van der Waals surface area contributed by atoms with E-state index in [1.807, 2.05) is 0 Å². The first-order chi connectivity index (χ1) is 25.4. The maximum absolute atomic E-state index is 13.5. The van der Waals surface area contributed by atoms with Crippen molar-refractivity contribution in [1.82, 2.24) is 0 Å². The third-order valence-electron chi connectivity index (χ3n) is 7.93. The van der Waals surface area contributed by atoms with Crippen molar-refractivity contribution in [2.45, 2.75) is 44.2 Å². The normalized spacial score (nSPS) is 19.9. The summed E-state index contributed by atoms with van der Waals surface area (Å²) in [6.45, 7) is 0.537. The number of benzene rings is 4. The molecular weight excluding hydrogens is 692 g/mol. The predicted octanol–water partition coefficient (Wildman–Crippen LogP) is 4.35. The molecule has 0 amide bonds. The Morgan fingerprint density at radius 3 is 1.75 bits per heavy atom. The van der Waals surface area contributed by atoms with Gasteiger partial charge in [0.25, 0.3) is 0 Å². The number of carbonyl (C=O) groups excluding carboxylic acids is 3. The van der Waals surface area contributed by atoms with E-state index in [-0.39, 0.29) is 35.2 Å². The molecule has 1 heterocycles. The Morgan fingerprint density at radius 2 is 1.21 bits per heavy atom. The number of hydrogen-bond donors (Lipinski definition) is 6. The van der Waals surface area contributed by atoms with Gasteiger partial charge in [0.15, 0.2) is 24.3 Å². The number of phenolic OH excluding ortho intramolecular Hbond substituents is 5. The Hall–Kier alpha value is -6.35. The molecule has 276 valence electrons. The summed E-state index contributed by atoms with van der Waals surface area (Å²) in [6.07, 6.45) is -2.48. The first-order valence-electron chi connectivity index (χ1n) is 16.2. The second kappa shape index (κ2) is 17.2. The van der Waals surface area contributed by atoms with Crippen molar-refractivity contribution in [2.24, 2.45) is 0 Å². The number of ketones is 1. The van der Waals surface area contributed by atoms with Gasteiger partial charge in [-0.3, -0.25) is 4.79 Å². The largest absolute Gasteiger partial charge is 0.508 e. The Labute approximate surface area is 303 Å². The van der Waals surface area contributed by atoms with Gasteiger partial charge in [-0.15, -0.1) is 0 Å². The van der Waals surface area contributed by atoms with Crippen LogP contribution in [0.2, 0.25) is 0 Å². The highest BCUT2D eigenvalue weighted by molar-refractivity contribution is 6.02. The minimum Gasteiger partial charge on any atom is -0.508 e. The predicted molar refractivity (Wildman–Crippen MR) is 187 cm³/mol. The van der Waals surface area contributed by atoms with Gasteiger partial charge in [-0.2, -0.15) is 0 Å². The first kappa shape index (κ1) is 37.9. The second-order valence-electron chi connectivity index (χ2n) is 11.9. The highest BCUT2D eigenvalue weighted by Gasteiger charge is 2.49. The zero-order valence-corrected chi connectivity index (χ0v) is 28.1. The molecule has 0 bridgehead atoms. The first-order valence-corrected chi connectivity index (χ1v) is 16.2. The van der Waals surface area contributed by atoms with E-state index in [9.17, 15) is 45.0 Å². The van der Waals surface area contributed by atoms with Gasteiger partial charge in [-0.25, -0.2) is 9.59 Å². The number of aromatic hydroxyl groups is 5. The lowest BCUT2D eigenvalue weighted by atomic mass is 9.99. The third-order valence-corrected chi connectivity index (χ3v) is 7.93. The van der Waals surface area contributed by atoms with E-state index in [1.165, 1.54) is 67.6 Å². The van der Waals surface area contributed by atoms with Crippen LogP contribution in [0.3, 0.4) is 0 Å². The van der Waals surface area contributed by atoms with Crippen LogP contribution < -0.4 is 4.74 Å². The molecule has 6 N–H and O–H groups in total. The monoisotopic (exact) mass is 728 g/mol. The molecule has 1 aliphatic rings. The molecule has 5 atom stereocenters. The van der Waals surface area contributed by atoms with Crippen LogP contribution >= 0.6 is 0 Å². The molecule has 0 radical (unpaired) electrons. The summed E-state index contributed by atoms with van der Waals surface area (Å²) in [5, 5.41) is 60.4. The lowest BCUT2D eigenvalue weighted by Gasteiger charge is -2.42. The zero-order chi connectivity index (χ0) is 38.1. The number of phenols is 5. The molecule has 0 aliphatic carbocycles. The third kappa shape index (κ3) is 10.4. The average Bonchev–Trinajstić information content (AvgIpc) is 3.13. The van der Waals surface area contributed by atoms with Gasteiger partial charge in [0.2, 0.25) is 0 Å². The van der Waals surface area contributed by atoms with Gasteiger partial charge in [-0.05, 0) is 72.2 Å². The van der Waals surface area contributed by atoms with Crippen molar-refractivity contribution in [1.29, 1.82) is 0 Å². The second-order valence-corrected chi connectivity index (χ2v) is 11.9. The summed E-state index contributed by atoms with van der Waals surface area (Å²) in [5.74, 6) is -3.87. The van der Waals surface area contributed by atoms with Crippen LogP contribution in [0.25, 0.3) is 12.2 Å². The Kier molecular flexibility index (Phi) is 12.3. The average molecular weight is 729 g/mol. The van der Waals surface area contributed by atoms with Crippen molar-refractivity contribution in [3.05, 3.63) is 119 Å². The molecule has 0 unspecified atom stereocenters. The Bertz CT molecular complexity index is 1950. The molecule has 53 heavy (non-hydrogen) atoms. The van der Waals surface area contributed by atoms with Crippen molar-refractivity contribution in [2.75, 3.05) is 6.61 Å². The maximum Gasteiger partial charge on any atom is 0.331 e. The lowest BCUT2D eigenvalue weighted by molar-refractivity contribution is -0.295. The fourth-order valence-corrected chi connectivity index (χ4v) is 5.19. The standard InChI is InChI=1S/C39H36O14/c1-22-36(48)37(52-33(46)16-8-23-2-10-26(40)11-3-23)38(53-34(47)17-9-24-4-12-27(41)13-5-24)39(51-22)50-21-31(45)35-30(44)18-29(43)19-32(35)49-20-25-6-14-28(42)15-7-25/h2-19,22,36-44,48H,20-21H2,1H3/b16-8-,17-9-/t22-,36-,37+,38+,39+/m0/s1. The van der Waals surface area contributed by atoms with Crippen LogP contribution in [0.4, 0.5) is 0 Å². The molecule has 1 saturated heterocycles. The Balaban J connectivity index is 1.36. The zero-order valence-electron chi connectivity index (χ0n) is 28.1. The fourth-order valence-electron chi connectivity index (χ4n) is 5.19. The van der Waals surface area contributed by atoms with Crippen molar-refractivity contribution < 1.29 is 68.7 Å². The van der Waals surface area contributed by atoms with E-state index in [0.29, 0.717) is 16.7 Å². The van der Waals surface area contributed by atoms with Crippen LogP contribution in [0, 0.1) is 0 Å². The van der Waals surface area contributed by atoms with E-state index in [4.69, 9.17) is 23.7 Å². The number of esters is 2. The van der Waals surface area contributed by atoms with Crippen molar-refractivity contribution in [3.8, 4) is 34.5 Å². The van der Waals surface area contributed by atoms with E-state index in [1.54, 1.807) is 24.3 Å². The van der Waals surface area contributed by atoms with Gasteiger partial charge in [0.05, 0.1) is 6.10 Å². The van der Waals surface area contributed by atoms with Crippen LogP contribution in [0.1, 0.15) is 34.0 Å². The quantitative estimate of drug-likeness (QED) is 0.0641. The molecule has 0 aromatic heterocycles.